The van der Waals surface area contributed by atoms with Gasteiger partial charge in [0.25, 0.3) is 5.56 Å². The predicted molar refractivity (Wildman–Crippen MR) is 65.4 cm³/mol. The van der Waals surface area contributed by atoms with Gasteiger partial charge in [0.2, 0.25) is 10.1 Å². The number of aryl methyl sites for hydroxylation is 1. The van der Waals surface area contributed by atoms with E-state index < -0.39 is 0 Å². The highest BCUT2D eigenvalue weighted by Gasteiger charge is 2.11. The van der Waals surface area contributed by atoms with E-state index in [1.54, 1.807) is 0 Å². The molecule has 2 aromatic rings. The van der Waals surface area contributed by atoms with Gasteiger partial charge in [0, 0.05) is 17.8 Å². The molecule has 0 saturated carbocycles. The van der Waals surface area contributed by atoms with Gasteiger partial charge < -0.3 is 5.32 Å². The smallest absolute Gasteiger partial charge is 0.278 e. The van der Waals surface area contributed by atoms with Gasteiger partial charge >= 0.3 is 0 Å². The summed E-state index contributed by atoms with van der Waals surface area (Å²) in [6, 6.07) is 0. The van der Waals surface area contributed by atoms with Gasteiger partial charge in [-0.2, -0.15) is 4.52 Å². The first-order valence-corrected chi connectivity index (χ1v) is 6.12. The van der Waals surface area contributed by atoms with Crippen molar-refractivity contribution in [2.24, 2.45) is 0 Å². The van der Waals surface area contributed by atoms with E-state index in [0.29, 0.717) is 11.4 Å². The number of fused-ring (bicyclic) bond motifs is 1. The predicted octanol–water partition coefficient (Wildman–Crippen LogP) is 1.45. The molecule has 2 heterocycles. The quantitative estimate of drug-likeness (QED) is 0.879. The average molecular weight is 238 g/mol. The lowest BCUT2D eigenvalue weighted by atomic mass is 10.2. The van der Waals surface area contributed by atoms with Crippen molar-refractivity contribution in [2.75, 3.05) is 11.9 Å². The Morgan fingerprint density at radius 2 is 2.19 bits per heavy atom. The molecule has 0 radical (unpaired) electrons. The molecule has 0 aliphatic rings. The van der Waals surface area contributed by atoms with E-state index in [9.17, 15) is 4.79 Å². The minimum Gasteiger partial charge on any atom is -0.360 e. The van der Waals surface area contributed by atoms with E-state index in [4.69, 9.17) is 0 Å². The van der Waals surface area contributed by atoms with Gasteiger partial charge in [0.1, 0.15) is 0 Å². The zero-order valence-corrected chi connectivity index (χ0v) is 10.4. The number of anilines is 1. The molecule has 0 aromatic carbocycles. The molecular formula is C10H14N4OS. The number of nitrogens with one attached hydrogen (secondary N) is 1. The summed E-state index contributed by atoms with van der Waals surface area (Å²) in [5.74, 6) is 0. The van der Waals surface area contributed by atoms with Gasteiger partial charge in [0.05, 0.1) is 0 Å². The molecule has 0 fully saturated rings. The van der Waals surface area contributed by atoms with Gasteiger partial charge in [0.15, 0.2) is 0 Å². The Morgan fingerprint density at radius 1 is 1.44 bits per heavy atom. The largest absolute Gasteiger partial charge is 0.360 e. The highest BCUT2D eigenvalue weighted by atomic mass is 32.1. The van der Waals surface area contributed by atoms with E-state index in [-0.39, 0.29) is 5.56 Å². The molecule has 0 bridgehead atoms. The average Bonchev–Trinajstić information content (AvgIpc) is 2.62. The van der Waals surface area contributed by atoms with Crippen molar-refractivity contribution in [3.05, 3.63) is 21.6 Å². The lowest BCUT2D eigenvalue weighted by Gasteiger charge is -1.99. The van der Waals surface area contributed by atoms with Gasteiger partial charge in [-0.1, -0.05) is 18.3 Å². The topological polar surface area (TPSA) is 59.3 Å². The molecule has 2 rings (SSSR count). The number of aromatic nitrogens is 3. The Hall–Kier alpha value is -1.43. The third-order valence-corrected chi connectivity index (χ3v) is 3.26. The van der Waals surface area contributed by atoms with Crippen LogP contribution in [0, 0.1) is 6.92 Å². The standard InChI is InChI=1S/C10H14N4OS/c1-4-7-6(3)12-10-14(8(7)15)13-9(16-10)11-5-2/h4-5H2,1-3H3,(H,11,13). The SMILES string of the molecule is CCNc1nn2c(=O)c(CC)c(C)nc2s1. The number of rotatable bonds is 3. The van der Waals surface area contributed by atoms with Crippen molar-refractivity contribution in [2.45, 2.75) is 27.2 Å². The molecule has 0 saturated heterocycles. The fraction of sp³-hybridized carbons (Fsp3) is 0.500. The molecule has 0 unspecified atom stereocenters. The molecule has 0 aliphatic carbocycles. The second kappa shape index (κ2) is 4.21. The van der Waals surface area contributed by atoms with Crippen LogP contribution < -0.4 is 10.9 Å². The molecule has 2 aromatic heterocycles. The first-order chi connectivity index (χ1) is 7.67. The Balaban J connectivity index is 2.68. The van der Waals surface area contributed by atoms with Crippen molar-refractivity contribution < 1.29 is 0 Å². The van der Waals surface area contributed by atoms with Gasteiger partial charge in [-0.3, -0.25) is 4.79 Å². The van der Waals surface area contributed by atoms with E-state index in [1.807, 2.05) is 20.8 Å². The monoisotopic (exact) mass is 238 g/mol. The molecule has 6 heteroatoms. The minimum absolute atomic E-state index is 0.0506. The number of hydrogen-bond donors (Lipinski definition) is 1. The highest BCUT2D eigenvalue weighted by Crippen LogP contribution is 2.17. The van der Waals surface area contributed by atoms with Crippen LogP contribution >= 0.6 is 11.3 Å². The summed E-state index contributed by atoms with van der Waals surface area (Å²) in [5, 5.41) is 8.03. The molecule has 1 N–H and O–H groups in total. The lowest BCUT2D eigenvalue weighted by Crippen LogP contribution is -2.21. The fourth-order valence-corrected chi connectivity index (χ4v) is 2.51. The maximum Gasteiger partial charge on any atom is 0.278 e. The van der Waals surface area contributed by atoms with Gasteiger partial charge in [-0.05, 0) is 20.3 Å². The van der Waals surface area contributed by atoms with Crippen molar-refractivity contribution in [1.82, 2.24) is 14.6 Å². The summed E-state index contributed by atoms with van der Waals surface area (Å²) < 4.78 is 1.38. The summed E-state index contributed by atoms with van der Waals surface area (Å²) >= 11 is 1.40. The van der Waals surface area contributed by atoms with Crippen LogP contribution in [-0.4, -0.2) is 21.1 Å². The van der Waals surface area contributed by atoms with E-state index in [0.717, 1.165) is 22.9 Å². The van der Waals surface area contributed by atoms with E-state index >= 15 is 0 Å². The minimum atomic E-state index is -0.0506. The third-order valence-electron chi connectivity index (χ3n) is 2.39. The summed E-state index contributed by atoms with van der Waals surface area (Å²) in [5.41, 5.74) is 1.50. The third kappa shape index (κ3) is 1.69. The van der Waals surface area contributed by atoms with Gasteiger partial charge in [-0.25, -0.2) is 4.98 Å². The number of hydrogen-bond acceptors (Lipinski definition) is 5. The van der Waals surface area contributed by atoms with Crippen LogP contribution in [0.4, 0.5) is 5.13 Å². The van der Waals surface area contributed by atoms with E-state index in [2.05, 4.69) is 15.4 Å². The molecule has 0 spiro atoms. The molecule has 5 nitrogen and oxygen atoms in total. The summed E-state index contributed by atoms with van der Waals surface area (Å²) in [6.45, 7) is 6.60. The molecule has 0 aliphatic heterocycles. The number of nitrogens with zero attached hydrogens (tertiary/aromatic N) is 3. The van der Waals surface area contributed by atoms with E-state index in [1.165, 1.54) is 15.9 Å². The van der Waals surface area contributed by atoms with Crippen LogP contribution in [0.15, 0.2) is 4.79 Å². The van der Waals surface area contributed by atoms with Gasteiger partial charge in [-0.15, -0.1) is 5.10 Å². The Morgan fingerprint density at radius 3 is 2.81 bits per heavy atom. The Bertz CT molecular complexity index is 572. The Labute approximate surface area is 97.1 Å². The van der Waals surface area contributed by atoms with Crippen LogP contribution in [0.2, 0.25) is 0 Å². The second-order valence-corrected chi connectivity index (χ2v) is 4.42. The van der Waals surface area contributed by atoms with Crippen molar-refractivity contribution in [1.29, 1.82) is 0 Å². The molecule has 0 atom stereocenters. The zero-order chi connectivity index (χ0) is 11.7. The first kappa shape index (κ1) is 11.1. The van der Waals surface area contributed by atoms with Crippen LogP contribution in [-0.2, 0) is 6.42 Å². The Kier molecular flexibility index (Phi) is 2.91. The van der Waals surface area contributed by atoms with Crippen molar-refractivity contribution in [3.8, 4) is 0 Å². The van der Waals surface area contributed by atoms with Crippen molar-refractivity contribution >= 4 is 21.4 Å². The van der Waals surface area contributed by atoms with Crippen LogP contribution in [0.1, 0.15) is 25.1 Å². The zero-order valence-electron chi connectivity index (χ0n) is 9.57. The summed E-state index contributed by atoms with van der Waals surface area (Å²) in [4.78, 5) is 17.1. The first-order valence-electron chi connectivity index (χ1n) is 5.30. The summed E-state index contributed by atoms with van der Waals surface area (Å²) in [6.07, 6.45) is 0.689. The molecule has 0 amide bonds. The second-order valence-electron chi connectivity index (χ2n) is 3.47. The van der Waals surface area contributed by atoms with Crippen LogP contribution in [0.3, 0.4) is 0 Å². The maximum atomic E-state index is 12.0. The summed E-state index contributed by atoms with van der Waals surface area (Å²) in [7, 11) is 0. The fourth-order valence-electron chi connectivity index (χ4n) is 1.61. The normalized spacial score (nSPS) is 10.9. The molecule has 16 heavy (non-hydrogen) atoms. The maximum absolute atomic E-state index is 12.0. The van der Waals surface area contributed by atoms with Crippen molar-refractivity contribution in [3.63, 3.8) is 0 Å². The van der Waals surface area contributed by atoms with Crippen LogP contribution in [0.25, 0.3) is 4.96 Å². The lowest BCUT2D eigenvalue weighted by molar-refractivity contribution is 0.853. The molecule has 86 valence electrons. The highest BCUT2D eigenvalue weighted by molar-refractivity contribution is 7.20. The van der Waals surface area contributed by atoms with Crippen LogP contribution in [0.5, 0.6) is 0 Å². The molecular weight excluding hydrogens is 224 g/mol.